The zero-order valence-electron chi connectivity index (χ0n) is 20.2. The second kappa shape index (κ2) is 7.17. The lowest BCUT2D eigenvalue weighted by molar-refractivity contribution is -0.161. The topological polar surface area (TPSA) is 84.4 Å². The van der Waals surface area contributed by atoms with E-state index in [1.807, 2.05) is 19.9 Å². The standard InChI is InChI=1S/C26H28Cl2N4O3/c1-23(2)6-8-25(9-7-23)26(15-13-30-18(28)12-16(15)31-22(26)34)19(14-5-10-29-17(27)11-14)20-21(33)35-24(3,4)32(20)25/h5,10-13,19-20H,6-9H2,1-4H3,(H,31,34). The fraction of sp³-hybridized carbons (Fsp3) is 0.538. The summed E-state index contributed by atoms with van der Waals surface area (Å²) in [5.74, 6) is -0.993. The average molecular weight is 515 g/mol. The first-order valence-corrected chi connectivity index (χ1v) is 12.8. The van der Waals surface area contributed by atoms with Crippen molar-refractivity contribution in [1.29, 1.82) is 0 Å². The van der Waals surface area contributed by atoms with Gasteiger partial charge < -0.3 is 10.1 Å². The molecule has 3 unspecified atom stereocenters. The van der Waals surface area contributed by atoms with Crippen molar-refractivity contribution in [3.8, 4) is 0 Å². The number of fused-ring (bicyclic) bond motifs is 5. The molecule has 1 saturated carbocycles. The quantitative estimate of drug-likeness (QED) is 0.422. The Morgan fingerprint density at radius 3 is 2.40 bits per heavy atom. The predicted molar refractivity (Wildman–Crippen MR) is 132 cm³/mol. The molecule has 2 aromatic heterocycles. The molecule has 35 heavy (non-hydrogen) atoms. The Bertz CT molecular complexity index is 1270. The van der Waals surface area contributed by atoms with Crippen molar-refractivity contribution in [2.75, 3.05) is 5.32 Å². The van der Waals surface area contributed by atoms with Gasteiger partial charge in [-0.2, -0.15) is 0 Å². The molecule has 184 valence electrons. The minimum atomic E-state index is -1.08. The lowest BCUT2D eigenvalue weighted by atomic mass is 9.53. The lowest BCUT2D eigenvalue weighted by Crippen LogP contribution is -2.65. The number of halogens is 2. The summed E-state index contributed by atoms with van der Waals surface area (Å²) in [5, 5.41) is 3.74. The van der Waals surface area contributed by atoms with E-state index < -0.39 is 28.6 Å². The average Bonchev–Trinajstić information content (AvgIpc) is 3.30. The zero-order chi connectivity index (χ0) is 25.0. The number of aromatic nitrogens is 2. The maximum Gasteiger partial charge on any atom is 0.325 e. The third-order valence-corrected chi connectivity index (χ3v) is 9.28. The Balaban J connectivity index is 1.71. The molecule has 7 nitrogen and oxygen atoms in total. The number of anilines is 1. The van der Waals surface area contributed by atoms with E-state index in [9.17, 15) is 9.59 Å². The Morgan fingerprint density at radius 2 is 1.71 bits per heavy atom. The summed E-state index contributed by atoms with van der Waals surface area (Å²) in [4.78, 5) is 38.8. The van der Waals surface area contributed by atoms with Crippen molar-refractivity contribution in [3.05, 3.63) is 52.0 Å². The van der Waals surface area contributed by atoms with Crippen molar-refractivity contribution < 1.29 is 14.3 Å². The molecular formula is C26H28Cl2N4O3. The van der Waals surface area contributed by atoms with Crippen LogP contribution < -0.4 is 5.32 Å². The molecule has 0 aromatic carbocycles. The van der Waals surface area contributed by atoms with Gasteiger partial charge in [0.15, 0.2) is 5.72 Å². The van der Waals surface area contributed by atoms with E-state index in [-0.39, 0.29) is 17.3 Å². The van der Waals surface area contributed by atoms with Gasteiger partial charge in [0, 0.05) is 35.1 Å². The number of amides is 1. The molecule has 2 spiro atoms. The predicted octanol–water partition coefficient (Wildman–Crippen LogP) is 5.07. The van der Waals surface area contributed by atoms with Crippen LogP contribution >= 0.6 is 23.2 Å². The number of pyridine rings is 2. The van der Waals surface area contributed by atoms with E-state index in [1.54, 1.807) is 24.5 Å². The number of nitrogens with one attached hydrogen (secondary N) is 1. The molecule has 3 aliphatic heterocycles. The van der Waals surface area contributed by atoms with Gasteiger partial charge in [-0.15, -0.1) is 0 Å². The van der Waals surface area contributed by atoms with E-state index in [0.717, 1.165) is 36.8 Å². The molecule has 1 aliphatic carbocycles. The van der Waals surface area contributed by atoms with Gasteiger partial charge in [-0.3, -0.25) is 9.59 Å². The molecule has 1 amide bonds. The molecular weight excluding hydrogens is 487 g/mol. The number of hydrogen-bond donors (Lipinski definition) is 1. The molecule has 2 saturated heterocycles. The van der Waals surface area contributed by atoms with Crippen molar-refractivity contribution in [1.82, 2.24) is 14.9 Å². The molecule has 3 fully saturated rings. The van der Waals surface area contributed by atoms with Gasteiger partial charge in [0.05, 0.1) is 0 Å². The number of carbonyl (C=O) groups is 2. The smallest absolute Gasteiger partial charge is 0.325 e. The van der Waals surface area contributed by atoms with Crippen LogP contribution in [0.2, 0.25) is 10.3 Å². The molecule has 3 atom stereocenters. The van der Waals surface area contributed by atoms with Crippen LogP contribution in [0.3, 0.4) is 0 Å². The van der Waals surface area contributed by atoms with E-state index in [2.05, 4.69) is 34.0 Å². The summed E-state index contributed by atoms with van der Waals surface area (Å²) in [5.41, 5.74) is -0.292. The van der Waals surface area contributed by atoms with Gasteiger partial charge in [-0.25, -0.2) is 14.9 Å². The monoisotopic (exact) mass is 514 g/mol. The minimum absolute atomic E-state index is 0.130. The molecule has 9 heteroatoms. The number of hydrogen-bond acceptors (Lipinski definition) is 6. The van der Waals surface area contributed by atoms with Crippen molar-refractivity contribution in [2.24, 2.45) is 5.41 Å². The molecule has 2 aromatic rings. The molecule has 5 heterocycles. The van der Waals surface area contributed by atoms with Crippen LogP contribution in [0.15, 0.2) is 30.6 Å². The first-order chi connectivity index (χ1) is 16.4. The molecule has 1 N–H and O–H groups in total. The van der Waals surface area contributed by atoms with Gasteiger partial charge in [0.25, 0.3) is 0 Å². The largest absolute Gasteiger partial charge is 0.443 e. The molecule has 6 rings (SSSR count). The van der Waals surface area contributed by atoms with Gasteiger partial charge in [-0.1, -0.05) is 37.0 Å². The highest BCUT2D eigenvalue weighted by Gasteiger charge is 2.80. The lowest BCUT2D eigenvalue weighted by Gasteiger charge is -2.55. The maximum absolute atomic E-state index is 14.4. The fourth-order valence-corrected chi connectivity index (χ4v) is 7.90. The van der Waals surface area contributed by atoms with Crippen molar-refractivity contribution in [3.63, 3.8) is 0 Å². The minimum Gasteiger partial charge on any atom is -0.443 e. The van der Waals surface area contributed by atoms with E-state index >= 15 is 0 Å². The maximum atomic E-state index is 14.4. The number of carbonyl (C=O) groups excluding carboxylic acids is 2. The highest BCUT2D eigenvalue weighted by molar-refractivity contribution is 6.30. The summed E-state index contributed by atoms with van der Waals surface area (Å²) in [6.07, 6.45) is 6.64. The van der Waals surface area contributed by atoms with E-state index in [1.165, 1.54) is 0 Å². The normalized spacial score (nSPS) is 31.9. The number of nitrogens with zero attached hydrogens (tertiary/aromatic N) is 3. The van der Waals surface area contributed by atoms with Crippen molar-refractivity contribution >= 4 is 40.8 Å². The van der Waals surface area contributed by atoms with Gasteiger partial charge in [-0.05, 0) is 68.7 Å². The van der Waals surface area contributed by atoms with E-state index in [4.69, 9.17) is 27.9 Å². The van der Waals surface area contributed by atoms with Crippen LogP contribution in [-0.4, -0.2) is 44.1 Å². The Morgan fingerprint density at radius 1 is 1.03 bits per heavy atom. The second-order valence-corrected chi connectivity index (χ2v) is 12.4. The van der Waals surface area contributed by atoms with Gasteiger partial charge in [0.1, 0.15) is 21.8 Å². The number of cyclic esters (lactones) is 1. The zero-order valence-corrected chi connectivity index (χ0v) is 21.7. The number of ether oxygens (including phenoxy) is 1. The van der Waals surface area contributed by atoms with E-state index in [0.29, 0.717) is 16.0 Å². The molecule has 0 radical (unpaired) electrons. The van der Waals surface area contributed by atoms with Crippen LogP contribution in [0.5, 0.6) is 0 Å². The van der Waals surface area contributed by atoms with Crippen molar-refractivity contribution in [2.45, 2.75) is 82.0 Å². The van der Waals surface area contributed by atoms with Crippen LogP contribution in [0, 0.1) is 5.41 Å². The summed E-state index contributed by atoms with van der Waals surface area (Å²) >= 11 is 12.6. The highest BCUT2D eigenvalue weighted by atomic mass is 35.5. The molecule has 0 bridgehead atoms. The van der Waals surface area contributed by atoms with Crippen LogP contribution in [0.1, 0.15) is 70.4 Å². The van der Waals surface area contributed by atoms with Gasteiger partial charge in [0.2, 0.25) is 5.91 Å². The summed E-state index contributed by atoms with van der Waals surface area (Å²) in [6.45, 7) is 8.38. The fourth-order valence-electron chi connectivity index (χ4n) is 7.56. The van der Waals surface area contributed by atoms with Crippen LogP contribution in [0.25, 0.3) is 0 Å². The third-order valence-electron chi connectivity index (χ3n) is 8.87. The summed E-state index contributed by atoms with van der Waals surface area (Å²) < 4.78 is 5.99. The Kier molecular flexibility index (Phi) is 4.75. The summed E-state index contributed by atoms with van der Waals surface area (Å²) in [6, 6.07) is 4.67. The highest BCUT2D eigenvalue weighted by Crippen LogP contribution is 2.69. The Labute approximate surface area is 214 Å². The van der Waals surface area contributed by atoms with Crippen LogP contribution in [-0.2, 0) is 19.7 Å². The third kappa shape index (κ3) is 2.89. The number of rotatable bonds is 1. The Hall–Kier alpha value is -2.22. The van der Waals surface area contributed by atoms with Gasteiger partial charge >= 0.3 is 5.97 Å². The second-order valence-electron chi connectivity index (χ2n) is 11.6. The first-order valence-electron chi connectivity index (χ1n) is 12.0. The summed E-state index contributed by atoms with van der Waals surface area (Å²) in [7, 11) is 0. The van der Waals surface area contributed by atoms with Crippen LogP contribution in [0.4, 0.5) is 5.69 Å². The first kappa shape index (κ1) is 23.2. The SMILES string of the molecule is CC1(C)CCC2(CC1)N1C(C(=O)OC1(C)C)C(c1ccnc(Cl)c1)C21C(=O)Nc2cc(Cl)ncc21. The molecule has 4 aliphatic rings. The number of esters is 1.